The summed E-state index contributed by atoms with van der Waals surface area (Å²) in [5.41, 5.74) is 7.66. The fourth-order valence-corrected chi connectivity index (χ4v) is 5.32. The van der Waals surface area contributed by atoms with Gasteiger partial charge in [0.1, 0.15) is 6.61 Å². The molecule has 0 aromatic heterocycles. The monoisotopic (exact) mass is 424 g/mol. The third-order valence-corrected chi connectivity index (χ3v) is 7.07. The van der Waals surface area contributed by atoms with E-state index in [0.29, 0.717) is 18.4 Å². The molecule has 32 heavy (non-hydrogen) atoms. The van der Waals surface area contributed by atoms with E-state index < -0.39 is 0 Å². The van der Waals surface area contributed by atoms with Crippen LogP contribution >= 0.6 is 0 Å². The molecule has 1 N–H and O–H groups in total. The Morgan fingerprint density at radius 3 is 1.81 bits per heavy atom. The van der Waals surface area contributed by atoms with Crippen LogP contribution in [-0.2, 0) is 11.4 Å². The van der Waals surface area contributed by atoms with Crippen LogP contribution in [0.4, 0.5) is 0 Å². The lowest BCUT2D eigenvalue weighted by Gasteiger charge is -2.47. The minimum absolute atomic E-state index is 0.248. The Balaban J connectivity index is 1.49. The number of hydrogen-bond donors (Lipinski definition) is 1. The van der Waals surface area contributed by atoms with Crippen LogP contribution in [0, 0.1) is 25.7 Å². The summed E-state index contributed by atoms with van der Waals surface area (Å²) < 4.78 is 0. The van der Waals surface area contributed by atoms with Crippen LogP contribution < -0.4 is 5.32 Å². The first-order valence-electron chi connectivity index (χ1n) is 11.8. The van der Waals surface area contributed by atoms with Crippen LogP contribution in [0.2, 0.25) is 0 Å². The smallest absolute Gasteiger partial charge is 0.142 e. The van der Waals surface area contributed by atoms with Gasteiger partial charge in [0.25, 0.3) is 0 Å². The van der Waals surface area contributed by atoms with Crippen molar-refractivity contribution in [2.45, 2.75) is 51.8 Å². The molecular formula is C29H32N2O. The Labute approximate surface area is 191 Å². The van der Waals surface area contributed by atoms with Crippen molar-refractivity contribution in [1.82, 2.24) is 5.32 Å². The van der Waals surface area contributed by atoms with E-state index in [-0.39, 0.29) is 12.1 Å². The van der Waals surface area contributed by atoms with Gasteiger partial charge in [-0.25, -0.2) is 0 Å². The van der Waals surface area contributed by atoms with Crippen molar-refractivity contribution in [1.29, 1.82) is 0 Å². The minimum Gasteiger partial charge on any atom is -0.391 e. The summed E-state index contributed by atoms with van der Waals surface area (Å²) >= 11 is 0. The van der Waals surface area contributed by atoms with Gasteiger partial charge >= 0.3 is 0 Å². The standard InChI is InChI=1S/C29H32N2O/c1-20-11-15-23(16-12-20)27-25-9-6-10-26(28(30-27)24-17-13-21(2)14-18-24)29(25)31-32-19-22-7-4-3-5-8-22/h3-5,7-8,11-18,25-28,30H,6,9-10,19H2,1-2H3. The molecule has 2 aliphatic rings. The molecular weight excluding hydrogens is 392 g/mol. The minimum atomic E-state index is 0.248. The zero-order chi connectivity index (χ0) is 21.9. The molecule has 3 heteroatoms. The summed E-state index contributed by atoms with van der Waals surface area (Å²) in [6.07, 6.45) is 3.53. The maximum Gasteiger partial charge on any atom is 0.142 e. The number of nitrogens with one attached hydrogen (secondary N) is 1. The fourth-order valence-electron chi connectivity index (χ4n) is 5.32. The van der Waals surface area contributed by atoms with Gasteiger partial charge in [0.05, 0.1) is 5.71 Å². The molecule has 5 rings (SSSR count). The summed E-state index contributed by atoms with van der Waals surface area (Å²) in [6.45, 7) is 4.81. The lowest BCUT2D eigenvalue weighted by atomic mass is 9.67. The molecule has 1 aliphatic heterocycles. The van der Waals surface area contributed by atoms with Gasteiger partial charge in [-0.2, -0.15) is 0 Å². The highest BCUT2D eigenvalue weighted by Crippen LogP contribution is 2.46. The Morgan fingerprint density at radius 2 is 1.28 bits per heavy atom. The van der Waals surface area contributed by atoms with E-state index in [1.807, 2.05) is 18.2 Å². The molecule has 3 aromatic rings. The van der Waals surface area contributed by atoms with E-state index in [2.05, 4.69) is 79.8 Å². The second kappa shape index (κ2) is 9.30. The van der Waals surface area contributed by atoms with E-state index in [1.54, 1.807) is 0 Å². The summed E-state index contributed by atoms with van der Waals surface area (Å²) in [4.78, 5) is 5.96. The average Bonchev–Trinajstić information content (AvgIpc) is 2.82. The molecule has 1 saturated carbocycles. The molecule has 0 amide bonds. The second-order valence-corrected chi connectivity index (χ2v) is 9.36. The molecule has 4 atom stereocenters. The third-order valence-electron chi connectivity index (χ3n) is 7.07. The lowest BCUT2D eigenvalue weighted by molar-refractivity contribution is 0.118. The Hall–Kier alpha value is -2.91. The Kier molecular flexibility index (Phi) is 6.09. The fraction of sp³-hybridized carbons (Fsp3) is 0.345. The van der Waals surface area contributed by atoms with Crippen LogP contribution in [0.25, 0.3) is 0 Å². The largest absolute Gasteiger partial charge is 0.391 e. The van der Waals surface area contributed by atoms with Gasteiger partial charge in [-0.15, -0.1) is 0 Å². The number of oxime groups is 1. The average molecular weight is 425 g/mol. The molecule has 1 heterocycles. The maximum atomic E-state index is 5.96. The van der Waals surface area contributed by atoms with Crippen LogP contribution in [0.5, 0.6) is 0 Å². The van der Waals surface area contributed by atoms with Gasteiger partial charge in [-0.3, -0.25) is 0 Å². The summed E-state index contributed by atoms with van der Waals surface area (Å²) in [6, 6.07) is 28.8. The molecule has 3 aromatic carbocycles. The number of aryl methyl sites for hydroxylation is 2. The first kappa shape index (κ1) is 21.0. The van der Waals surface area contributed by atoms with Gasteiger partial charge in [0.2, 0.25) is 0 Å². The highest BCUT2D eigenvalue weighted by Gasteiger charge is 2.45. The van der Waals surface area contributed by atoms with Crippen LogP contribution in [0.3, 0.4) is 0 Å². The maximum absolute atomic E-state index is 5.96. The van der Waals surface area contributed by atoms with Crippen LogP contribution in [0.15, 0.2) is 84.0 Å². The zero-order valence-corrected chi connectivity index (χ0v) is 19.0. The van der Waals surface area contributed by atoms with Crippen molar-refractivity contribution in [3.8, 4) is 0 Å². The van der Waals surface area contributed by atoms with Crippen molar-refractivity contribution in [2.24, 2.45) is 17.0 Å². The second-order valence-electron chi connectivity index (χ2n) is 9.36. The Bertz CT molecular complexity index is 995. The number of rotatable bonds is 5. The topological polar surface area (TPSA) is 33.6 Å². The van der Waals surface area contributed by atoms with Crippen LogP contribution in [-0.4, -0.2) is 5.71 Å². The van der Waals surface area contributed by atoms with E-state index in [1.165, 1.54) is 34.4 Å². The van der Waals surface area contributed by atoms with E-state index in [0.717, 1.165) is 18.4 Å². The van der Waals surface area contributed by atoms with Gasteiger partial charge in [0.15, 0.2) is 0 Å². The molecule has 1 saturated heterocycles. The molecule has 0 radical (unpaired) electrons. The van der Waals surface area contributed by atoms with E-state index >= 15 is 0 Å². The first-order valence-corrected chi connectivity index (χ1v) is 11.8. The van der Waals surface area contributed by atoms with E-state index in [4.69, 9.17) is 9.99 Å². The number of fused-ring (bicyclic) bond motifs is 2. The van der Waals surface area contributed by atoms with Crippen molar-refractivity contribution < 1.29 is 4.84 Å². The normalized spacial score (nSPS) is 24.8. The predicted molar refractivity (Wildman–Crippen MR) is 130 cm³/mol. The van der Waals surface area contributed by atoms with Crippen molar-refractivity contribution in [2.75, 3.05) is 0 Å². The lowest BCUT2D eigenvalue weighted by Crippen LogP contribution is -2.50. The molecule has 0 spiro atoms. The van der Waals surface area contributed by atoms with Crippen molar-refractivity contribution in [3.63, 3.8) is 0 Å². The predicted octanol–water partition coefficient (Wildman–Crippen LogP) is 6.68. The molecule has 2 fully saturated rings. The highest BCUT2D eigenvalue weighted by atomic mass is 16.6. The Morgan fingerprint density at radius 1 is 0.750 bits per heavy atom. The molecule has 164 valence electrons. The van der Waals surface area contributed by atoms with Crippen molar-refractivity contribution in [3.05, 3.63) is 107 Å². The molecule has 2 bridgehead atoms. The van der Waals surface area contributed by atoms with E-state index in [9.17, 15) is 0 Å². The highest BCUT2D eigenvalue weighted by molar-refractivity contribution is 5.91. The number of hydrogen-bond acceptors (Lipinski definition) is 3. The zero-order valence-electron chi connectivity index (χ0n) is 19.0. The molecule has 1 aliphatic carbocycles. The SMILES string of the molecule is Cc1ccc(C2NC(c3ccc(C)cc3)C3CCCC2C3=NOCc2ccccc2)cc1. The molecule has 4 unspecified atom stereocenters. The molecule has 3 nitrogen and oxygen atoms in total. The first-order chi connectivity index (χ1) is 15.7. The van der Waals surface area contributed by atoms with Crippen LogP contribution in [0.1, 0.15) is 59.2 Å². The quantitative estimate of drug-likeness (QED) is 0.464. The summed E-state index contributed by atoms with van der Waals surface area (Å²) in [5, 5.41) is 8.85. The third kappa shape index (κ3) is 4.35. The number of piperidine rings is 1. The summed E-state index contributed by atoms with van der Waals surface area (Å²) in [7, 11) is 0. The van der Waals surface area contributed by atoms with Crippen molar-refractivity contribution >= 4 is 5.71 Å². The van der Waals surface area contributed by atoms with Gasteiger partial charge in [-0.05, 0) is 43.4 Å². The van der Waals surface area contributed by atoms with Gasteiger partial charge in [0, 0.05) is 23.9 Å². The van der Waals surface area contributed by atoms with Gasteiger partial charge < -0.3 is 10.2 Å². The number of benzene rings is 3. The summed E-state index contributed by atoms with van der Waals surface area (Å²) in [5.74, 6) is 0.739. The van der Waals surface area contributed by atoms with Gasteiger partial charge in [-0.1, -0.05) is 102 Å². The number of nitrogens with zero attached hydrogens (tertiary/aromatic N) is 1.